The summed E-state index contributed by atoms with van der Waals surface area (Å²) >= 11 is 0. The third-order valence-electron chi connectivity index (χ3n) is 3.55. The fourth-order valence-electron chi connectivity index (χ4n) is 2.41. The molecule has 0 bridgehead atoms. The number of aliphatic hydroxyl groups is 1. The summed E-state index contributed by atoms with van der Waals surface area (Å²) in [4.78, 5) is -0.444. The lowest BCUT2D eigenvalue weighted by Gasteiger charge is -2.27. The highest BCUT2D eigenvalue weighted by Gasteiger charge is 2.25. The Morgan fingerprint density at radius 2 is 1.75 bits per heavy atom. The number of halogens is 2. The molecule has 2 rings (SSSR count). The Hall–Kier alpha value is -1.05. The second-order valence-corrected chi connectivity index (χ2v) is 6.84. The normalized spacial score (nSPS) is 23.8. The molecule has 1 aliphatic carbocycles. The maximum atomic E-state index is 13.0. The van der Waals surface area contributed by atoms with Gasteiger partial charge in [-0.3, -0.25) is 0 Å². The van der Waals surface area contributed by atoms with Crippen LogP contribution in [-0.2, 0) is 10.0 Å². The predicted octanol–water partition coefficient (Wildman–Crippen LogP) is 1.79. The molecule has 112 valence electrons. The molecule has 20 heavy (non-hydrogen) atoms. The second kappa shape index (κ2) is 6.15. The summed E-state index contributed by atoms with van der Waals surface area (Å²) in [6, 6.07) is 2.15. The lowest BCUT2D eigenvalue weighted by molar-refractivity contribution is 0.0724. The molecule has 1 aromatic carbocycles. The van der Waals surface area contributed by atoms with Crippen molar-refractivity contribution < 1.29 is 22.3 Å². The molecule has 2 unspecified atom stereocenters. The fraction of sp³-hybridized carbons (Fsp3) is 0.538. The van der Waals surface area contributed by atoms with Gasteiger partial charge >= 0.3 is 0 Å². The van der Waals surface area contributed by atoms with Crippen LogP contribution >= 0.6 is 0 Å². The van der Waals surface area contributed by atoms with Gasteiger partial charge in [0.1, 0.15) is 11.6 Å². The number of hydrogen-bond donors (Lipinski definition) is 2. The van der Waals surface area contributed by atoms with Crippen molar-refractivity contribution in [3.8, 4) is 0 Å². The highest BCUT2D eigenvalue weighted by atomic mass is 32.2. The molecule has 7 heteroatoms. The summed E-state index contributed by atoms with van der Waals surface area (Å²) in [5.74, 6) is -2.04. The van der Waals surface area contributed by atoms with Gasteiger partial charge in [-0.2, -0.15) is 0 Å². The average Bonchev–Trinajstić information content (AvgIpc) is 2.37. The standard InChI is InChI=1S/C13H17F2NO3S/c14-10-5-11(15)7-12(6-10)20(18,19)16-8-9-3-1-2-4-13(9)17/h5-7,9,13,16-17H,1-4,8H2. The minimum absolute atomic E-state index is 0.0711. The number of sulfonamides is 1. The SMILES string of the molecule is O=S(=O)(NCC1CCCCC1O)c1cc(F)cc(F)c1. The molecule has 1 aliphatic rings. The highest BCUT2D eigenvalue weighted by Crippen LogP contribution is 2.24. The van der Waals surface area contributed by atoms with Gasteiger partial charge in [-0.1, -0.05) is 12.8 Å². The first-order chi connectivity index (χ1) is 9.38. The lowest BCUT2D eigenvalue weighted by atomic mass is 9.87. The molecule has 0 amide bonds. The van der Waals surface area contributed by atoms with E-state index in [2.05, 4.69) is 4.72 Å². The Kier molecular flexibility index (Phi) is 4.72. The summed E-state index contributed by atoms with van der Waals surface area (Å²) in [5, 5.41) is 9.77. The van der Waals surface area contributed by atoms with Crippen LogP contribution < -0.4 is 4.72 Å². The zero-order chi connectivity index (χ0) is 14.8. The van der Waals surface area contributed by atoms with E-state index in [0.29, 0.717) is 12.5 Å². The van der Waals surface area contributed by atoms with E-state index < -0.39 is 32.7 Å². The molecular formula is C13H17F2NO3S. The number of aliphatic hydroxyl groups excluding tert-OH is 1. The number of rotatable bonds is 4. The zero-order valence-electron chi connectivity index (χ0n) is 10.9. The van der Waals surface area contributed by atoms with Crippen LogP contribution in [0.4, 0.5) is 8.78 Å². The van der Waals surface area contributed by atoms with Crippen LogP contribution in [0.15, 0.2) is 23.1 Å². The summed E-state index contributed by atoms with van der Waals surface area (Å²) in [5.41, 5.74) is 0. The summed E-state index contributed by atoms with van der Waals surface area (Å²) in [7, 11) is -3.97. The number of benzene rings is 1. The van der Waals surface area contributed by atoms with Crippen molar-refractivity contribution in [1.82, 2.24) is 4.72 Å². The molecule has 1 aromatic rings. The summed E-state index contributed by atoms with van der Waals surface area (Å²) < 4.78 is 52.3. The first-order valence-electron chi connectivity index (χ1n) is 6.52. The van der Waals surface area contributed by atoms with Crippen LogP contribution in [0.3, 0.4) is 0 Å². The van der Waals surface area contributed by atoms with E-state index in [1.54, 1.807) is 0 Å². The average molecular weight is 305 g/mol. The Labute approximate surface area is 116 Å². The van der Waals surface area contributed by atoms with E-state index in [1.807, 2.05) is 0 Å². The largest absolute Gasteiger partial charge is 0.393 e. The molecule has 4 nitrogen and oxygen atoms in total. The zero-order valence-corrected chi connectivity index (χ0v) is 11.7. The Morgan fingerprint density at radius 3 is 2.35 bits per heavy atom. The van der Waals surface area contributed by atoms with Gasteiger partial charge in [-0.25, -0.2) is 21.9 Å². The van der Waals surface area contributed by atoms with Crippen molar-refractivity contribution in [2.24, 2.45) is 5.92 Å². The van der Waals surface area contributed by atoms with Crippen molar-refractivity contribution in [1.29, 1.82) is 0 Å². The van der Waals surface area contributed by atoms with Crippen LogP contribution in [0.2, 0.25) is 0 Å². The number of hydrogen-bond acceptors (Lipinski definition) is 3. The van der Waals surface area contributed by atoms with Crippen molar-refractivity contribution in [3.63, 3.8) is 0 Å². The maximum Gasteiger partial charge on any atom is 0.240 e. The maximum absolute atomic E-state index is 13.0. The molecule has 1 fully saturated rings. The topological polar surface area (TPSA) is 66.4 Å². The number of nitrogens with one attached hydrogen (secondary N) is 1. The highest BCUT2D eigenvalue weighted by molar-refractivity contribution is 7.89. The van der Waals surface area contributed by atoms with Crippen LogP contribution in [0, 0.1) is 17.6 Å². The van der Waals surface area contributed by atoms with E-state index in [0.717, 1.165) is 31.4 Å². The second-order valence-electron chi connectivity index (χ2n) is 5.07. The lowest BCUT2D eigenvalue weighted by Crippen LogP contribution is -2.36. The molecule has 0 heterocycles. The van der Waals surface area contributed by atoms with Crippen LogP contribution in [0.5, 0.6) is 0 Å². The summed E-state index contributed by atoms with van der Waals surface area (Å²) in [6.45, 7) is 0.0711. The van der Waals surface area contributed by atoms with E-state index in [-0.39, 0.29) is 12.5 Å². The smallest absolute Gasteiger partial charge is 0.240 e. The van der Waals surface area contributed by atoms with Crippen molar-refractivity contribution in [2.45, 2.75) is 36.7 Å². The van der Waals surface area contributed by atoms with Crippen molar-refractivity contribution in [3.05, 3.63) is 29.8 Å². The fourth-order valence-corrected chi connectivity index (χ4v) is 3.55. The van der Waals surface area contributed by atoms with Gasteiger partial charge in [0.15, 0.2) is 0 Å². The quantitative estimate of drug-likeness (QED) is 0.891. The molecular weight excluding hydrogens is 288 g/mol. The minimum atomic E-state index is -3.97. The minimum Gasteiger partial charge on any atom is -0.393 e. The summed E-state index contributed by atoms with van der Waals surface area (Å²) in [6.07, 6.45) is 2.73. The molecule has 0 aromatic heterocycles. The van der Waals surface area contributed by atoms with Gasteiger partial charge in [-0.05, 0) is 30.9 Å². The monoisotopic (exact) mass is 305 g/mol. The van der Waals surface area contributed by atoms with Gasteiger partial charge in [0.25, 0.3) is 0 Å². The van der Waals surface area contributed by atoms with Crippen molar-refractivity contribution >= 4 is 10.0 Å². The van der Waals surface area contributed by atoms with Gasteiger partial charge in [0, 0.05) is 12.6 Å². The van der Waals surface area contributed by atoms with E-state index >= 15 is 0 Å². The Morgan fingerprint density at radius 1 is 1.15 bits per heavy atom. The molecule has 2 atom stereocenters. The van der Waals surface area contributed by atoms with Gasteiger partial charge in [-0.15, -0.1) is 0 Å². The van der Waals surface area contributed by atoms with Crippen molar-refractivity contribution in [2.75, 3.05) is 6.54 Å². The van der Waals surface area contributed by atoms with E-state index in [9.17, 15) is 22.3 Å². The van der Waals surface area contributed by atoms with Gasteiger partial charge in [0.05, 0.1) is 11.0 Å². The first kappa shape index (κ1) is 15.3. The molecule has 2 N–H and O–H groups in total. The van der Waals surface area contributed by atoms with E-state index in [1.165, 1.54) is 0 Å². The van der Waals surface area contributed by atoms with E-state index in [4.69, 9.17) is 0 Å². The third kappa shape index (κ3) is 3.74. The molecule has 1 saturated carbocycles. The molecule has 0 saturated heterocycles. The van der Waals surface area contributed by atoms with Crippen LogP contribution in [0.1, 0.15) is 25.7 Å². The third-order valence-corrected chi connectivity index (χ3v) is 4.95. The van der Waals surface area contributed by atoms with Crippen LogP contribution in [0.25, 0.3) is 0 Å². The van der Waals surface area contributed by atoms with Gasteiger partial charge in [0.2, 0.25) is 10.0 Å². The Balaban J connectivity index is 2.07. The Bertz CT molecular complexity index is 557. The van der Waals surface area contributed by atoms with Crippen LogP contribution in [-0.4, -0.2) is 26.2 Å². The molecule has 0 spiro atoms. The molecule has 0 aliphatic heterocycles. The predicted molar refractivity (Wildman–Crippen MR) is 69.5 cm³/mol. The first-order valence-corrected chi connectivity index (χ1v) is 8.00. The molecule has 0 radical (unpaired) electrons. The van der Waals surface area contributed by atoms with Gasteiger partial charge < -0.3 is 5.11 Å².